The molecule has 0 saturated heterocycles. The maximum atomic E-state index is 13.0. The second kappa shape index (κ2) is 10.1. The Hall–Kier alpha value is -3.30. The smallest absolute Gasteiger partial charge is 0.270 e. The van der Waals surface area contributed by atoms with Gasteiger partial charge in [0, 0.05) is 31.3 Å². The van der Waals surface area contributed by atoms with Crippen molar-refractivity contribution in [2.45, 2.75) is 6.92 Å². The molecule has 2 aromatic carbocycles. The first kappa shape index (κ1) is 22.4. The summed E-state index contributed by atoms with van der Waals surface area (Å²) in [6, 6.07) is 11.8. The van der Waals surface area contributed by atoms with Crippen LogP contribution >= 0.6 is 11.3 Å². The Morgan fingerprint density at radius 2 is 2.03 bits per heavy atom. The van der Waals surface area contributed by atoms with Crippen molar-refractivity contribution < 1.29 is 14.5 Å². The zero-order chi connectivity index (χ0) is 22.4. The summed E-state index contributed by atoms with van der Waals surface area (Å²) in [6.07, 6.45) is 3.00. The minimum Gasteiger partial charge on any atom is -0.494 e. The van der Waals surface area contributed by atoms with Gasteiger partial charge in [-0.05, 0) is 50.9 Å². The van der Waals surface area contributed by atoms with Crippen molar-refractivity contribution in [1.29, 1.82) is 0 Å². The number of benzene rings is 2. The van der Waals surface area contributed by atoms with Gasteiger partial charge in [0.2, 0.25) is 0 Å². The quantitative estimate of drug-likeness (QED) is 0.281. The molecule has 1 amide bonds. The van der Waals surface area contributed by atoms with Gasteiger partial charge in [0.15, 0.2) is 5.13 Å². The fourth-order valence-corrected chi connectivity index (χ4v) is 3.89. The Balaban J connectivity index is 1.87. The number of hydrogen-bond donors (Lipinski definition) is 0. The van der Waals surface area contributed by atoms with Crippen LogP contribution in [-0.4, -0.2) is 54.5 Å². The zero-order valence-corrected chi connectivity index (χ0v) is 18.5. The highest BCUT2D eigenvalue weighted by Gasteiger charge is 2.18. The molecular weight excluding hydrogens is 416 g/mol. The molecule has 0 N–H and O–H groups in total. The number of fused-ring (bicyclic) bond motifs is 1. The molecule has 0 bridgehead atoms. The van der Waals surface area contributed by atoms with Gasteiger partial charge < -0.3 is 9.64 Å². The van der Waals surface area contributed by atoms with E-state index in [4.69, 9.17) is 4.74 Å². The second-order valence-corrected chi connectivity index (χ2v) is 8.05. The fourth-order valence-electron chi connectivity index (χ4n) is 2.86. The SMILES string of the molecule is CCOc1ccc2nc(N(CCN(C)C)C(=O)C=Cc3cccc([N+](=O)[O-])c3)sc2c1. The van der Waals surface area contributed by atoms with Crippen molar-refractivity contribution in [1.82, 2.24) is 9.88 Å². The summed E-state index contributed by atoms with van der Waals surface area (Å²) in [5, 5.41) is 11.6. The number of likely N-dealkylation sites (N-methyl/N-ethyl adjacent to an activating group) is 1. The molecule has 31 heavy (non-hydrogen) atoms. The number of ether oxygens (including phenoxy) is 1. The lowest BCUT2D eigenvalue weighted by molar-refractivity contribution is -0.384. The Bertz CT molecular complexity index is 1110. The van der Waals surface area contributed by atoms with Gasteiger partial charge in [-0.3, -0.25) is 19.8 Å². The van der Waals surface area contributed by atoms with Gasteiger partial charge in [0.05, 0.1) is 21.7 Å². The maximum absolute atomic E-state index is 13.0. The normalized spacial score (nSPS) is 11.4. The topological polar surface area (TPSA) is 88.8 Å². The van der Waals surface area contributed by atoms with Gasteiger partial charge in [0.25, 0.3) is 11.6 Å². The molecule has 162 valence electrons. The summed E-state index contributed by atoms with van der Waals surface area (Å²) in [4.78, 5) is 31.8. The van der Waals surface area contributed by atoms with Crippen LogP contribution in [0.2, 0.25) is 0 Å². The molecule has 0 aliphatic rings. The third-order valence-electron chi connectivity index (χ3n) is 4.43. The van der Waals surface area contributed by atoms with Crippen molar-refractivity contribution in [2.24, 2.45) is 0 Å². The molecule has 0 fully saturated rings. The van der Waals surface area contributed by atoms with Crippen LogP contribution in [0.1, 0.15) is 12.5 Å². The average molecular weight is 441 g/mol. The molecule has 0 saturated carbocycles. The van der Waals surface area contributed by atoms with Gasteiger partial charge in [-0.15, -0.1) is 0 Å². The lowest BCUT2D eigenvalue weighted by Gasteiger charge is -2.20. The van der Waals surface area contributed by atoms with E-state index in [-0.39, 0.29) is 11.6 Å². The van der Waals surface area contributed by atoms with Gasteiger partial charge >= 0.3 is 0 Å². The third-order valence-corrected chi connectivity index (χ3v) is 5.47. The van der Waals surface area contributed by atoms with Gasteiger partial charge in [-0.25, -0.2) is 4.98 Å². The van der Waals surface area contributed by atoms with Crippen LogP contribution < -0.4 is 9.64 Å². The second-order valence-electron chi connectivity index (χ2n) is 7.04. The molecule has 0 aliphatic carbocycles. The van der Waals surface area contributed by atoms with Crippen LogP contribution in [0.5, 0.6) is 5.75 Å². The number of aromatic nitrogens is 1. The number of nitro groups is 1. The number of carbonyl (C=O) groups is 1. The van der Waals surface area contributed by atoms with Crippen molar-refractivity contribution in [3.63, 3.8) is 0 Å². The van der Waals surface area contributed by atoms with Gasteiger partial charge in [-0.1, -0.05) is 23.5 Å². The first-order chi connectivity index (χ1) is 14.9. The molecule has 1 heterocycles. The minimum atomic E-state index is -0.458. The number of anilines is 1. The number of hydrogen-bond acceptors (Lipinski definition) is 7. The zero-order valence-electron chi connectivity index (χ0n) is 17.6. The Morgan fingerprint density at radius 1 is 1.23 bits per heavy atom. The standard InChI is InChI=1S/C22H24N4O4S/c1-4-30-18-9-10-19-20(15-18)31-22(23-19)25(13-12-24(2)3)21(27)11-8-16-6-5-7-17(14-16)26(28)29/h5-11,14-15H,4,12-13H2,1-3H3. The Kier molecular flexibility index (Phi) is 7.32. The maximum Gasteiger partial charge on any atom is 0.270 e. The number of non-ortho nitro benzene ring substituents is 1. The monoisotopic (exact) mass is 440 g/mol. The molecule has 8 nitrogen and oxygen atoms in total. The predicted molar refractivity (Wildman–Crippen MR) is 124 cm³/mol. The first-order valence-corrected chi connectivity index (χ1v) is 10.6. The number of nitro benzene ring substituents is 1. The molecule has 3 rings (SSSR count). The van der Waals surface area contributed by atoms with Crippen molar-refractivity contribution in [2.75, 3.05) is 38.7 Å². The largest absolute Gasteiger partial charge is 0.494 e. The highest BCUT2D eigenvalue weighted by molar-refractivity contribution is 7.22. The van der Waals surface area contributed by atoms with E-state index < -0.39 is 4.92 Å². The van der Waals surface area contributed by atoms with Crippen molar-refractivity contribution in [3.8, 4) is 5.75 Å². The van der Waals surface area contributed by atoms with Crippen LogP contribution in [0.3, 0.4) is 0 Å². The number of carbonyl (C=O) groups excluding carboxylic acids is 1. The number of nitrogens with zero attached hydrogens (tertiary/aromatic N) is 4. The van der Waals surface area contributed by atoms with E-state index in [0.29, 0.717) is 30.4 Å². The summed E-state index contributed by atoms with van der Waals surface area (Å²) >= 11 is 1.43. The molecule has 0 spiro atoms. The summed E-state index contributed by atoms with van der Waals surface area (Å²) in [5.74, 6) is 0.527. The predicted octanol–water partition coefficient (Wildman–Crippen LogP) is 4.21. The van der Waals surface area contributed by atoms with Crippen LogP contribution in [0, 0.1) is 10.1 Å². The molecular formula is C22H24N4O4S. The summed E-state index contributed by atoms with van der Waals surface area (Å²) in [7, 11) is 3.88. The Morgan fingerprint density at radius 3 is 2.74 bits per heavy atom. The number of rotatable bonds is 9. The van der Waals surface area contributed by atoms with E-state index in [1.807, 2.05) is 44.1 Å². The summed E-state index contributed by atoms with van der Waals surface area (Å²) in [6.45, 7) is 3.63. The molecule has 1 aromatic heterocycles. The third kappa shape index (κ3) is 5.87. The minimum absolute atomic E-state index is 0.0182. The van der Waals surface area contributed by atoms with Crippen LogP contribution in [0.25, 0.3) is 16.3 Å². The average Bonchev–Trinajstić information content (AvgIpc) is 3.15. The van der Waals surface area contributed by atoms with E-state index in [9.17, 15) is 14.9 Å². The highest BCUT2D eigenvalue weighted by Crippen LogP contribution is 2.31. The highest BCUT2D eigenvalue weighted by atomic mass is 32.1. The first-order valence-electron chi connectivity index (χ1n) is 9.79. The lowest BCUT2D eigenvalue weighted by atomic mass is 10.2. The van der Waals surface area contributed by atoms with Crippen LogP contribution in [0.4, 0.5) is 10.8 Å². The fraction of sp³-hybridized carbons (Fsp3) is 0.273. The van der Waals surface area contributed by atoms with Gasteiger partial charge in [-0.2, -0.15) is 0 Å². The van der Waals surface area contributed by atoms with E-state index in [0.717, 1.165) is 16.0 Å². The molecule has 3 aromatic rings. The Labute approximate surface area is 184 Å². The number of thiazole rings is 1. The lowest BCUT2D eigenvalue weighted by Crippen LogP contribution is -2.35. The molecule has 0 aliphatic heterocycles. The molecule has 0 radical (unpaired) electrons. The molecule has 0 atom stereocenters. The van der Waals surface area contributed by atoms with Gasteiger partial charge in [0.1, 0.15) is 5.75 Å². The van der Waals surface area contributed by atoms with E-state index in [1.165, 1.54) is 29.5 Å². The van der Waals surface area contributed by atoms with Crippen LogP contribution in [0.15, 0.2) is 48.5 Å². The van der Waals surface area contributed by atoms with E-state index >= 15 is 0 Å². The summed E-state index contributed by atoms with van der Waals surface area (Å²) in [5.41, 5.74) is 1.37. The van der Waals surface area contributed by atoms with Crippen molar-refractivity contribution in [3.05, 3.63) is 64.2 Å². The molecule has 9 heteroatoms. The van der Waals surface area contributed by atoms with Crippen molar-refractivity contribution >= 4 is 44.4 Å². The number of amides is 1. The van der Waals surface area contributed by atoms with E-state index in [2.05, 4.69) is 4.98 Å². The summed E-state index contributed by atoms with van der Waals surface area (Å²) < 4.78 is 6.49. The van der Waals surface area contributed by atoms with Crippen LogP contribution in [-0.2, 0) is 4.79 Å². The van der Waals surface area contributed by atoms with E-state index in [1.54, 1.807) is 23.1 Å². The molecule has 0 unspecified atom stereocenters.